The predicted octanol–water partition coefficient (Wildman–Crippen LogP) is -1.79. The largest absolute Gasteiger partial charge is 0.444 e. The normalized spacial score (nSPS) is 14.6. The summed E-state index contributed by atoms with van der Waals surface area (Å²) in [5.74, 6) is -2.27. The molecule has 0 heterocycles. The second kappa shape index (κ2) is 5.48. The number of nitrogens with one attached hydrogen (secondary N) is 1. The van der Waals surface area contributed by atoms with Gasteiger partial charge in [-0.2, -0.15) is 0 Å². The molecule has 0 aromatic carbocycles. The van der Waals surface area contributed by atoms with Crippen LogP contribution in [0.3, 0.4) is 0 Å². The number of amides is 3. The van der Waals surface area contributed by atoms with E-state index >= 15 is 0 Å². The Morgan fingerprint density at radius 2 is 1.65 bits per heavy atom. The molecule has 0 spiro atoms. The molecule has 0 bridgehead atoms. The summed E-state index contributed by atoms with van der Waals surface area (Å²) in [5, 5.41) is 11.2. The van der Waals surface area contributed by atoms with Crippen LogP contribution in [0.2, 0.25) is 0 Å². The number of carbonyl (C=O) groups excluding carboxylic acids is 3. The molecular formula is C9H17N3O5. The van der Waals surface area contributed by atoms with Crippen LogP contribution in [0.15, 0.2) is 0 Å². The van der Waals surface area contributed by atoms with Gasteiger partial charge in [0.05, 0.1) is 0 Å². The van der Waals surface area contributed by atoms with Gasteiger partial charge in [0.25, 0.3) is 0 Å². The molecule has 0 radical (unpaired) electrons. The summed E-state index contributed by atoms with van der Waals surface area (Å²) in [7, 11) is 0. The summed E-state index contributed by atoms with van der Waals surface area (Å²) < 4.78 is 4.83. The Morgan fingerprint density at radius 3 is 1.94 bits per heavy atom. The molecule has 8 nitrogen and oxygen atoms in total. The van der Waals surface area contributed by atoms with E-state index in [1.54, 1.807) is 20.8 Å². The molecule has 98 valence electrons. The van der Waals surface area contributed by atoms with Gasteiger partial charge < -0.3 is 26.6 Å². The van der Waals surface area contributed by atoms with Crippen LogP contribution < -0.4 is 16.8 Å². The van der Waals surface area contributed by atoms with Gasteiger partial charge in [0.15, 0.2) is 6.10 Å². The summed E-state index contributed by atoms with van der Waals surface area (Å²) in [6.45, 7) is 4.82. The number of primary amides is 2. The quantitative estimate of drug-likeness (QED) is 0.463. The SMILES string of the molecule is CC(C)(C)OC(=O)N[C@@H](C(N)=O)[C@H](O)C(N)=O. The van der Waals surface area contributed by atoms with Crippen molar-refractivity contribution in [2.24, 2.45) is 11.5 Å². The molecule has 0 fully saturated rings. The standard InChI is InChI=1S/C9H17N3O5/c1-9(2,3)17-8(16)12-4(6(10)14)5(13)7(11)15/h4-5,13H,1-3H3,(H2,10,14)(H2,11,15)(H,12,16)/t4-,5+/m1/s1. The van der Waals surface area contributed by atoms with Gasteiger partial charge in [0.2, 0.25) is 11.8 Å². The lowest BCUT2D eigenvalue weighted by molar-refractivity contribution is -0.133. The van der Waals surface area contributed by atoms with Crippen molar-refractivity contribution in [2.45, 2.75) is 38.5 Å². The van der Waals surface area contributed by atoms with Crippen molar-refractivity contribution < 1.29 is 24.2 Å². The van der Waals surface area contributed by atoms with Crippen molar-refractivity contribution >= 4 is 17.9 Å². The van der Waals surface area contributed by atoms with Crippen molar-refractivity contribution in [3.05, 3.63) is 0 Å². The van der Waals surface area contributed by atoms with Crippen LogP contribution in [0.4, 0.5) is 4.79 Å². The molecule has 8 heteroatoms. The topological polar surface area (TPSA) is 145 Å². The number of rotatable bonds is 4. The summed E-state index contributed by atoms with van der Waals surface area (Å²) in [6, 6.07) is -1.62. The number of hydrogen-bond donors (Lipinski definition) is 4. The summed E-state index contributed by atoms with van der Waals surface area (Å²) in [4.78, 5) is 32.9. The van der Waals surface area contributed by atoms with Crippen LogP contribution in [0.1, 0.15) is 20.8 Å². The summed E-state index contributed by atoms with van der Waals surface area (Å²) in [6.07, 6.45) is -2.89. The smallest absolute Gasteiger partial charge is 0.408 e. The third kappa shape index (κ3) is 5.71. The fourth-order valence-electron chi connectivity index (χ4n) is 0.904. The number of alkyl carbamates (subject to hydrolysis) is 1. The zero-order chi connectivity index (χ0) is 13.8. The molecule has 0 unspecified atom stereocenters. The van der Waals surface area contributed by atoms with E-state index in [4.69, 9.17) is 16.2 Å². The van der Waals surface area contributed by atoms with Crippen LogP contribution in [0.25, 0.3) is 0 Å². The van der Waals surface area contributed by atoms with E-state index < -0.39 is 35.7 Å². The first kappa shape index (κ1) is 15.2. The molecular weight excluding hydrogens is 230 g/mol. The van der Waals surface area contributed by atoms with Crippen molar-refractivity contribution in [3.8, 4) is 0 Å². The highest BCUT2D eigenvalue weighted by Gasteiger charge is 2.32. The maximum absolute atomic E-state index is 11.3. The molecule has 0 saturated heterocycles. The Bertz CT molecular complexity index is 323. The van der Waals surface area contributed by atoms with Gasteiger partial charge in [-0.25, -0.2) is 4.79 Å². The number of aliphatic hydroxyl groups excluding tert-OH is 1. The molecule has 0 aromatic heterocycles. The Morgan fingerprint density at radius 1 is 1.18 bits per heavy atom. The van der Waals surface area contributed by atoms with Gasteiger partial charge in [-0.15, -0.1) is 0 Å². The molecule has 3 amide bonds. The highest BCUT2D eigenvalue weighted by Crippen LogP contribution is 2.07. The fraction of sp³-hybridized carbons (Fsp3) is 0.667. The fourth-order valence-corrected chi connectivity index (χ4v) is 0.904. The van der Waals surface area contributed by atoms with E-state index in [2.05, 4.69) is 0 Å². The Labute approximate surface area is 98.3 Å². The summed E-state index contributed by atoms with van der Waals surface area (Å²) in [5.41, 5.74) is 8.91. The number of ether oxygens (including phenoxy) is 1. The average molecular weight is 247 g/mol. The van der Waals surface area contributed by atoms with Gasteiger partial charge in [-0.1, -0.05) is 0 Å². The minimum Gasteiger partial charge on any atom is -0.444 e. The van der Waals surface area contributed by atoms with Gasteiger partial charge >= 0.3 is 6.09 Å². The van der Waals surface area contributed by atoms with Crippen molar-refractivity contribution in [1.82, 2.24) is 5.32 Å². The zero-order valence-corrected chi connectivity index (χ0v) is 9.89. The highest BCUT2D eigenvalue weighted by molar-refractivity contribution is 5.92. The predicted molar refractivity (Wildman–Crippen MR) is 57.6 cm³/mol. The van der Waals surface area contributed by atoms with E-state index in [9.17, 15) is 19.5 Å². The number of aliphatic hydroxyl groups is 1. The van der Waals surface area contributed by atoms with E-state index in [0.717, 1.165) is 0 Å². The first-order chi connectivity index (χ1) is 7.54. The van der Waals surface area contributed by atoms with Crippen LogP contribution in [0.5, 0.6) is 0 Å². The number of carbonyl (C=O) groups is 3. The molecule has 0 aliphatic heterocycles. The minimum atomic E-state index is -1.90. The lowest BCUT2D eigenvalue weighted by Gasteiger charge is -2.23. The molecule has 0 rings (SSSR count). The Kier molecular flexibility index (Phi) is 4.89. The molecule has 0 saturated carbocycles. The van der Waals surface area contributed by atoms with Crippen molar-refractivity contribution in [1.29, 1.82) is 0 Å². The molecule has 0 aromatic rings. The van der Waals surface area contributed by atoms with Crippen LogP contribution >= 0.6 is 0 Å². The minimum absolute atomic E-state index is 0.788. The van der Waals surface area contributed by atoms with Gasteiger partial charge in [-0.3, -0.25) is 9.59 Å². The second-order valence-corrected chi connectivity index (χ2v) is 4.37. The van der Waals surface area contributed by atoms with Crippen LogP contribution in [-0.4, -0.2) is 40.8 Å². The zero-order valence-electron chi connectivity index (χ0n) is 9.89. The molecule has 6 N–H and O–H groups in total. The lowest BCUT2D eigenvalue weighted by Crippen LogP contribution is -2.56. The monoisotopic (exact) mass is 247 g/mol. The third-order valence-corrected chi connectivity index (χ3v) is 1.59. The highest BCUT2D eigenvalue weighted by atomic mass is 16.6. The third-order valence-electron chi connectivity index (χ3n) is 1.59. The van der Waals surface area contributed by atoms with Gasteiger partial charge in [0.1, 0.15) is 11.6 Å². The molecule has 0 aliphatic rings. The van der Waals surface area contributed by atoms with E-state index in [0.29, 0.717) is 0 Å². The average Bonchev–Trinajstić information content (AvgIpc) is 2.09. The summed E-state index contributed by atoms with van der Waals surface area (Å²) >= 11 is 0. The lowest BCUT2D eigenvalue weighted by atomic mass is 10.1. The maximum atomic E-state index is 11.3. The maximum Gasteiger partial charge on any atom is 0.408 e. The van der Waals surface area contributed by atoms with E-state index in [-0.39, 0.29) is 0 Å². The Hall–Kier alpha value is -1.83. The van der Waals surface area contributed by atoms with Crippen LogP contribution in [-0.2, 0) is 14.3 Å². The number of nitrogens with two attached hydrogens (primary N) is 2. The van der Waals surface area contributed by atoms with Crippen molar-refractivity contribution in [3.63, 3.8) is 0 Å². The molecule has 17 heavy (non-hydrogen) atoms. The Balaban J connectivity index is 4.62. The van der Waals surface area contributed by atoms with Crippen LogP contribution in [0, 0.1) is 0 Å². The first-order valence-corrected chi connectivity index (χ1v) is 4.81. The first-order valence-electron chi connectivity index (χ1n) is 4.81. The van der Waals surface area contributed by atoms with Gasteiger partial charge in [-0.05, 0) is 20.8 Å². The number of hydrogen-bond acceptors (Lipinski definition) is 5. The van der Waals surface area contributed by atoms with Crippen molar-refractivity contribution in [2.75, 3.05) is 0 Å². The second-order valence-electron chi connectivity index (χ2n) is 4.37. The van der Waals surface area contributed by atoms with E-state index in [1.165, 1.54) is 0 Å². The molecule has 0 aliphatic carbocycles. The molecule has 2 atom stereocenters. The van der Waals surface area contributed by atoms with E-state index in [1.807, 2.05) is 5.32 Å². The van der Waals surface area contributed by atoms with Gasteiger partial charge in [0, 0.05) is 0 Å².